The van der Waals surface area contributed by atoms with Crippen LogP contribution in [0.25, 0.3) is 5.43 Å². The lowest BCUT2D eigenvalue weighted by atomic mass is 9.87. The van der Waals surface area contributed by atoms with Gasteiger partial charge in [0.05, 0.1) is 37.2 Å². The minimum absolute atomic E-state index is 0.0117. The zero-order valence-electron chi connectivity index (χ0n) is 15.1. The van der Waals surface area contributed by atoms with E-state index >= 15 is 0 Å². The molecule has 0 aromatic carbocycles. The van der Waals surface area contributed by atoms with Gasteiger partial charge in [-0.15, -0.1) is 0 Å². The molecular weight excluding hydrogens is 359 g/mol. The molecule has 0 aliphatic carbocycles. The maximum Gasteiger partial charge on any atom is 0.230 e. The van der Waals surface area contributed by atoms with Gasteiger partial charge in [0.1, 0.15) is 6.17 Å². The van der Waals surface area contributed by atoms with Crippen molar-refractivity contribution in [1.82, 2.24) is 25.8 Å². The summed E-state index contributed by atoms with van der Waals surface area (Å²) in [5.74, 6) is 0.226. The summed E-state index contributed by atoms with van der Waals surface area (Å²) in [5.41, 5.74) is 13.7. The second kappa shape index (κ2) is 7.47. The molecule has 0 saturated carbocycles. The van der Waals surface area contributed by atoms with E-state index < -0.39 is 18.3 Å². The van der Waals surface area contributed by atoms with Crippen LogP contribution in [-0.2, 0) is 4.79 Å². The Morgan fingerprint density at radius 2 is 2.31 bits per heavy atom. The molecule has 0 radical (unpaired) electrons. The van der Waals surface area contributed by atoms with Crippen LogP contribution in [0.1, 0.15) is 6.92 Å². The molecule has 4 rings (SSSR count). The Morgan fingerprint density at radius 3 is 3.04 bits per heavy atom. The van der Waals surface area contributed by atoms with Crippen LogP contribution in [0.5, 0.6) is 0 Å². The van der Waals surface area contributed by atoms with Crippen molar-refractivity contribution in [2.45, 2.75) is 36.8 Å². The van der Waals surface area contributed by atoms with E-state index in [1.165, 1.54) is 5.01 Å². The molecule has 7 N–H and O–H groups in total. The van der Waals surface area contributed by atoms with Gasteiger partial charge in [0.15, 0.2) is 0 Å². The average Bonchev–Trinajstić information content (AvgIpc) is 3.24. The minimum Gasteiger partial charge on any atom is -0.454 e. The molecule has 4 aliphatic rings. The smallest absolute Gasteiger partial charge is 0.230 e. The largest absolute Gasteiger partial charge is 0.454 e. The first kappa shape index (κ1) is 18.8. The summed E-state index contributed by atoms with van der Waals surface area (Å²) >= 11 is 1.58. The van der Waals surface area contributed by atoms with Gasteiger partial charge in [-0.1, -0.05) is 18.5 Å². The number of rotatable bonds is 3. The van der Waals surface area contributed by atoms with Gasteiger partial charge in [0.2, 0.25) is 5.91 Å². The molecule has 4 heterocycles. The van der Waals surface area contributed by atoms with Crippen molar-refractivity contribution in [2.75, 3.05) is 33.2 Å². The van der Waals surface area contributed by atoms with Crippen LogP contribution in [-0.4, -0.2) is 74.1 Å². The SMILES string of the molecule is CC1NSC(NC(=O)C2C(N)NN3CC(F)CNC23)C1C1C[N-][NH+](C)C1. The first-order valence-corrected chi connectivity index (χ1v) is 10.2. The number of nitrogens with two attached hydrogens (primary N) is 1. The standard InChI is InChI=1S/C15H29FN8OS/c1-7-10(8-3-19-23(2)5-8)15(26-22-7)20-14(25)11-12(17)21-24-6-9(16)4-18-13(11)24/h7-13,15,18,21-23H,3-6,17H2,1-2H3,(H,20,25). The van der Waals surface area contributed by atoms with Gasteiger partial charge in [-0.2, -0.15) is 0 Å². The molecule has 4 saturated heterocycles. The normalized spacial score (nSPS) is 49.3. The summed E-state index contributed by atoms with van der Waals surface area (Å²) in [6, 6.07) is 0.309. The van der Waals surface area contributed by atoms with Gasteiger partial charge in [-0.05, 0) is 12.8 Å². The highest BCUT2D eigenvalue weighted by molar-refractivity contribution is 7.98. The van der Waals surface area contributed by atoms with E-state index in [1.54, 1.807) is 17.0 Å². The van der Waals surface area contributed by atoms with Crippen LogP contribution in [0.3, 0.4) is 0 Å². The van der Waals surface area contributed by atoms with Crippen molar-refractivity contribution in [2.24, 2.45) is 23.5 Å². The molecule has 11 heteroatoms. The van der Waals surface area contributed by atoms with Crippen LogP contribution in [0, 0.1) is 17.8 Å². The molecule has 26 heavy (non-hydrogen) atoms. The number of amides is 1. The van der Waals surface area contributed by atoms with Gasteiger partial charge in [0.25, 0.3) is 0 Å². The Morgan fingerprint density at radius 1 is 1.50 bits per heavy atom. The number of hydrogen-bond donors (Lipinski definition) is 6. The van der Waals surface area contributed by atoms with Crippen molar-refractivity contribution in [3.05, 3.63) is 5.43 Å². The maximum absolute atomic E-state index is 13.6. The molecule has 4 fully saturated rings. The summed E-state index contributed by atoms with van der Waals surface area (Å²) in [6.45, 7) is 4.47. The lowest BCUT2D eigenvalue weighted by Gasteiger charge is -2.34. The molecule has 1 amide bonds. The van der Waals surface area contributed by atoms with Crippen LogP contribution >= 0.6 is 11.9 Å². The summed E-state index contributed by atoms with van der Waals surface area (Å²) in [6.07, 6.45) is -1.76. The van der Waals surface area contributed by atoms with Crippen molar-refractivity contribution < 1.29 is 14.2 Å². The number of hydrazine groups is 1. The first-order chi connectivity index (χ1) is 12.4. The number of hydrogen-bond acceptors (Lipinski definition) is 7. The fraction of sp³-hybridized carbons (Fsp3) is 0.933. The van der Waals surface area contributed by atoms with Crippen LogP contribution in [0.2, 0.25) is 0 Å². The quantitative estimate of drug-likeness (QED) is 0.288. The third-order valence-corrected chi connectivity index (χ3v) is 7.11. The highest BCUT2D eigenvalue weighted by atomic mass is 32.2. The number of carbonyl (C=O) groups excluding carboxylic acids is 1. The molecule has 9 unspecified atom stereocenters. The molecule has 0 spiro atoms. The highest BCUT2D eigenvalue weighted by Gasteiger charge is 2.49. The zero-order chi connectivity index (χ0) is 18.4. The van der Waals surface area contributed by atoms with Crippen LogP contribution in [0.4, 0.5) is 4.39 Å². The van der Waals surface area contributed by atoms with E-state index in [-0.39, 0.29) is 30.5 Å². The lowest BCUT2D eigenvalue weighted by molar-refractivity contribution is -0.832. The Kier molecular flexibility index (Phi) is 5.41. The number of nitrogens with one attached hydrogen (secondary N) is 5. The van der Waals surface area contributed by atoms with E-state index in [0.29, 0.717) is 17.9 Å². The van der Waals surface area contributed by atoms with Crippen molar-refractivity contribution in [1.29, 1.82) is 0 Å². The first-order valence-electron chi connectivity index (χ1n) is 9.31. The minimum atomic E-state index is -0.960. The third kappa shape index (κ3) is 3.47. The van der Waals surface area contributed by atoms with Crippen LogP contribution in [0.15, 0.2) is 0 Å². The van der Waals surface area contributed by atoms with Gasteiger partial charge in [-0.3, -0.25) is 14.8 Å². The Labute approximate surface area is 157 Å². The van der Waals surface area contributed by atoms with E-state index in [0.717, 1.165) is 13.1 Å². The predicted molar refractivity (Wildman–Crippen MR) is 97.1 cm³/mol. The molecule has 148 valence electrons. The average molecular weight is 389 g/mol. The zero-order valence-corrected chi connectivity index (χ0v) is 15.9. The monoisotopic (exact) mass is 388 g/mol. The second-order valence-electron chi connectivity index (χ2n) is 7.85. The molecule has 0 aromatic rings. The van der Waals surface area contributed by atoms with Gasteiger partial charge < -0.3 is 21.5 Å². The molecule has 9 nitrogen and oxygen atoms in total. The fourth-order valence-corrected chi connectivity index (χ4v) is 5.94. The van der Waals surface area contributed by atoms with Gasteiger partial charge in [0, 0.05) is 25.0 Å². The number of fused-ring (bicyclic) bond motifs is 1. The fourth-order valence-electron chi connectivity index (χ4n) is 4.64. The predicted octanol–water partition coefficient (Wildman–Crippen LogP) is -2.89. The number of halogens is 1. The molecule has 0 aromatic heterocycles. The topological polar surface area (TPSA) is 113 Å². The summed E-state index contributed by atoms with van der Waals surface area (Å²) in [5, 5.41) is 9.20. The number of nitrogens with zero attached hydrogens (tertiary/aromatic N) is 2. The summed E-state index contributed by atoms with van der Waals surface area (Å²) < 4.78 is 17.0. The van der Waals surface area contributed by atoms with E-state index in [9.17, 15) is 9.18 Å². The summed E-state index contributed by atoms with van der Waals surface area (Å²) in [4.78, 5) is 13.0. The Balaban J connectivity index is 1.42. The lowest BCUT2D eigenvalue weighted by Crippen LogP contribution is -3.03. The third-order valence-electron chi connectivity index (χ3n) is 5.91. The Bertz CT molecular complexity index is 544. The summed E-state index contributed by atoms with van der Waals surface area (Å²) in [7, 11) is 2.07. The number of alkyl halides is 1. The molecular formula is C15H29FN8OS. The maximum atomic E-state index is 13.6. The van der Waals surface area contributed by atoms with E-state index in [2.05, 4.69) is 40.2 Å². The van der Waals surface area contributed by atoms with Crippen molar-refractivity contribution in [3.8, 4) is 0 Å². The van der Waals surface area contributed by atoms with E-state index in [4.69, 9.17) is 5.73 Å². The second-order valence-corrected chi connectivity index (χ2v) is 8.83. The van der Waals surface area contributed by atoms with Crippen molar-refractivity contribution >= 4 is 17.9 Å². The Hall–Kier alpha value is -0.530. The van der Waals surface area contributed by atoms with Crippen molar-refractivity contribution in [3.63, 3.8) is 0 Å². The number of carbonyl (C=O) groups is 1. The highest BCUT2D eigenvalue weighted by Crippen LogP contribution is 2.35. The molecule has 0 bridgehead atoms. The van der Waals surface area contributed by atoms with Gasteiger partial charge in [-0.25, -0.2) is 14.8 Å². The van der Waals surface area contributed by atoms with Gasteiger partial charge >= 0.3 is 0 Å². The number of quaternary nitrogens is 1. The molecule has 4 aliphatic heterocycles. The van der Waals surface area contributed by atoms with Crippen LogP contribution < -0.4 is 31.5 Å². The van der Waals surface area contributed by atoms with E-state index in [1.807, 2.05) is 0 Å². The molecule has 9 atom stereocenters.